The SMILES string of the molecule is O=C(NC1CCS(=O)(=O)CC1)c1cccc(I)c1. The van der Waals surface area contributed by atoms with E-state index in [-0.39, 0.29) is 23.5 Å². The number of sulfone groups is 1. The minimum atomic E-state index is -2.88. The Balaban J connectivity index is 1.97. The fourth-order valence-corrected chi connectivity index (χ4v) is 3.97. The van der Waals surface area contributed by atoms with Gasteiger partial charge in [-0.25, -0.2) is 8.42 Å². The van der Waals surface area contributed by atoms with E-state index in [1.165, 1.54) is 0 Å². The number of nitrogens with one attached hydrogen (secondary N) is 1. The molecule has 18 heavy (non-hydrogen) atoms. The number of benzene rings is 1. The summed E-state index contributed by atoms with van der Waals surface area (Å²) in [5.41, 5.74) is 0.621. The molecule has 98 valence electrons. The van der Waals surface area contributed by atoms with E-state index in [2.05, 4.69) is 27.9 Å². The summed E-state index contributed by atoms with van der Waals surface area (Å²) in [5, 5.41) is 2.89. The lowest BCUT2D eigenvalue weighted by Crippen LogP contribution is -2.40. The lowest BCUT2D eigenvalue weighted by Gasteiger charge is -2.23. The molecule has 1 heterocycles. The molecular formula is C12H14INO3S. The molecule has 1 N–H and O–H groups in total. The molecule has 0 spiro atoms. The molecule has 1 aliphatic rings. The van der Waals surface area contributed by atoms with Crippen LogP contribution in [0.2, 0.25) is 0 Å². The number of halogens is 1. The highest BCUT2D eigenvalue weighted by Gasteiger charge is 2.24. The molecule has 1 aromatic rings. The summed E-state index contributed by atoms with van der Waals surface area (Å²) in [6.07, 6.45) is 1.02. The van der Waals surface area contributed by atoms with Crippen molar-refractivity contribution < 1.29 is 13.2 Å². The molecule has 4 nitrogen and oxygen atoms in total. The molecule has 1 fully saturated rings. The average molecular weight is 379 g/mol. The van der Waals surface area contributed by atoms with Crippen molar-refractivity contribution in [3.05, 3.63) is 33.4 Å². The van der Waals surface area contributed by atoms with E-state index in [1.807, 2.05) is 18.2 Å². The molecule has 1 aliphatic heterocycles. The van der Waals surface area contributed by atoms with Gasteiger partial charge in [-0.2, -0.15) is 0 Å². The monoisotopic (exact) mass is 379 g/mol. The van der Waals surface area contributed by atoms with Crippen LogP contribution in [-0.2, 0) is 9.84 Å². The number of rotatable bonds is 2. The van der Waals surface area contributed by atoms with Crippen LogP contribution >= 0.6 is 22.6 Å². The summed E-state index contributed by atoms with van der Waals surface area (Å²) in [7, 11) is -2.88. The van der Waals surface area contributed by atoms with Gasteiger partial charge in [0, 0.05) is 15.2 Å². The number of carbonyl (C=O) groups excluding carboxylic acids is 1. The molecular weight excluding hydrogens is 365 g/mol. The summed E-state index contributed by atoms with van der Waals surface area (Å²) in [4.78, 5) is 12.0. The second kappa shape index (κ2) is 5.56. The van der Waals surface area contributed by atoms with Crippen LogP contribution in [0.15, 0.2) is 24.3 Å². The zero-order chi connectivity index (χ0) is 13.2. The Morgan fingerprint density at radius 1 is 1.28 bits per heavy atom. The maximum Gasteiger partial charge on any atom is 0.251 e. The van der Waals surface area contributed by atoms with Crippen molar-refractivity contribution >= 4 is 38.3 Å². The minimum absolute atomic E-state index is 0.0288. The van der Waals surface area contributed by atoms with Gasteiger partial charge in [0.1, 0.15) is 9.84 Å². The highest BCUT2D eigenvalue weighted by molar-refractivity contribution is 14.1. The first kappa shape index (κ1) is 13.8. The van der Waals surface area contributed by atoms with E-state index >= 15 is 0 Å². The minimum Gasteiger partial charge on any atom is -0.349 e. The number of amides is 1. The Morgan fingerprint density at radius 3 is 2.56 bits per heavy atom. The van der Waals surface area contributed by atoms with Gasteiger partial charge >= 0.3 is 0 Å². The van der Waals surface area contributed by atoms with E-state index in [0.29, 0.717) is 18.4 Å². The van der Waals surface area contributed by atoms with Gasteiger partial charge in [0.15, 0.2) is 0 Å². The Bertz CT molecular complexity index is 542. The maximum atomic E-state index is 12.0. The molecule has 0 atom stereocenters. The van der Waals surface area contributed by atoms with Crippen molar-refractivity contribution in [3.8, 4) is 0 Å². The van der Waals surface area contributed by atoms with Crippen LogP contribution < -0.4 is 5.32 Å². The molecule has 2 rings (SSSR count). The standard InChI is InChI=1S/C12H14INO3S/c13-10-3-1-2-9(8-10)12(15)14-11-4-6-18(16,17)7-5-11/h1-3,8,11H,4-7H2,(H,14,15). The van der Waals surface area contributed by atoms with E-state index in [4.69, 9.17) is 0 Å². The fourth-order valence-electron chi connectivity index (χ4n) is 1.93. The van der Waals surface area contributed by atoms with Gasteiger partial charge in [-0.1, -0.05) is 6.07 Å². The van der Waals surface area contributed by atoms with Gasteiger partial charge in [0.2, 0.25) is 0 Å². The largest absolute Gasteiger partial charge is 0.349 e. The van der Waals surface area contributed by atoms with Gasteiger partial charge in [0.05, 0.1) is 11.5 Å². The predicted molar refractivity (Wildman–Crippen MR) is 78.3 cm³/mol. The van der Waals surface area contributed by atoms with E-state index in [0.717, 1.165) is 3.57 Å². The molecule has 0 aliphatic carbocycles. The number of carbonyl (C=O) groups is 1. The number of hydrogen-bond donors (Lipinski definition) is 1. The maximum absolute atomic E-state index is 12.0. The van der Waals surface area contributed by atoms with Gasteiger partial charge in [-0.05, 0) is 53.6 Å². The van der Waals surface area contributed by atoms with Crippen molar-refractivity contribution in [2.75, 3.05) is 11.5 Å². The quantitative estimate of drug-likeness (QED) is 0.795. The lowest BCUT2D eigenvalue weighted by atomic mass is 10.1. The molecule has 1 saturated heterocycles. The van der Waals surface area contributed by atoms with Gasteiger partial charge in [-0.3, -0.25) is 4.79 Å². The summed E-state index contributed by atoms with van der Waals surface area (Å²) in [6, 6.07) is 7.30. The molecule has 0 unspecified atom stereocenters. The van der Waals surface area contributed by atoms with Crippen LogP contribution in [0.5, 0.6) is 0 Å². The Hall–Kier alpha value is -0.630. The smallest absolute Gasteiger partial charge is 0.251 e. The van der Waals surface area contributed by atoms with Crippen molar-refractivity contribution in [3.63, 3.8) is 0 Å². The van der Waals surface area contributed by atoms with E-state index in [1.54, 1.807) is 6.07 Å². The van der Waals surface area contributed by atoms with Crippen molar-refractivity contribution in [2.45, 2.75) is 18.9 Å². The summed E-state index contributed by atoms with van der Waals surface area (Å²) in [5.74, 6) is 0.215. The zero-order valence-electron chi connectivity index (χ0n) is 9.73. The Labute approximate surface area is 120 Å². The van der Waals surface area contributed by atoms with Gasteiger partial charge in [-0.15, -0.1) is 0 Å². The topological polar surface area (TPSA) is 63.2 Å². The van der Waals surface area contributed by atoms with Gasteiger partial charge < -0.3 is 5.32 Å². The molecule has 0 aromatic heterocycles. The van der Waals surface area contributed by atoms with E-state index < -0.39 is 9.84 Å². The first-order valence-electron chi connectivity index (χ1n) is 5.73. The van der Waals surface area contributed by atoms with Crippen LogP contribution in [0, 0.1) is 3.57 Å². The van der Waals surface area contributed by atoms with E-state index in [9.17, 15) is 13.2 Å². The van der Waals surface area contributed by atoms with Crippen LogP contribution in [0.25, 0.3) is 0 Å². The summed E-state index contributed by atoms with van der Waals surface area (Å²) in [6.45, 7) is 0. The first-order chi connectivity index (χ1) is 8.46. The molecule has 0 saturated carbocycles. The average Bonchev–Trinajstić information content (AvgIpc) is 2.32. The van der Waals surface area contributed by atoms with Crippen LogP contribution in [0.3, 0.4) is 0 Å². The second-order valence-electron chi connectivity index (χ2n) is 4.41. The highest BCUT2D eigenvalue weighted by Crippen LogP contribution is 2.13. The van der Waals surface area contributed by atoms with Crippen molar-refractivity contribution in [2.24, 2.45) is 0 Å². The molecule has 1 aromatic carbocycles. The lowest BCUT2D eigenvalue weighted by molar-refractivity contribution is 0.0934. The third-order valence-electron chi connectivity index (χ3n) is 2.98. The van der Waals surface area contributed by atoms with Crippen LogP contribution in [0.1, 0.15) is 23.2 Å². The third kappa shape index (κ3) is 3.68. The Morgan fingerprint density at radius 2 is 1.94 bits per heavy atom. The number of hydrogen-bond acceptors (Lipinski definition) is 3. The normalized spacial score (nSPS) is 19.4. The summed E-state index contributed by atoms with van der Waals surface area (Å²) < 4.78 is 23.6. The van der Waals surface area contributed by atoms with Crippen molar-refractivity contribution in [1.29, 1.82) is 0 Å². The molecule has 6 heteroatoms. The third-order valence-corrected chi connectivity index (χ3v) is 5.36. The first-order valence-corrected chi connectivity index (χ1v) is 8.63. The highest BCUT2D eigenvalue weighted by atomic mass is 127. The zero-order valence-corrected chi connectivity index (χ0v) is 12.7. The van der Waals surface area contributed by atoms with Crippen LogP contribution in [-0.4, -0.2) is 31.9 Å². The molecule has 1 amide bonds. The molecule has 0 bridgehead atoms. The predicted octanol–water partition coefficient (Wildman–Crippen LogP) is 1.60. The van der Waals surface area contributed by atoms with Gasteiger partial charge in [0.25, 0.3) is 5.91 Å². The molecule has 0 radical (unpaired) electrons. The van der Waals surface area contributed by atoms with Crippen molar-refractivity contribution in [1.82, 2.24) is 5.32 Å². The van der Waals surface area contributed by atoms with Crippen LogP contribution in [0.4, 0.5) is 0 Å². The summed E-state index contributed by atoms with van der Waals surface area (Å²) >= 11 is 2.15. The second-order valence-corrected chi connectivity index (χ2v) is 7.96. The Kier molecular flexibility index (Phi) is 4.26. The fraction of sp³-hybridized carbons (Fsp3) is 0.417.